The summed E-state index contributed by atoms with van der Waals surface area (Å²) in [7, 11) is 0. The summed E-state index contributed by atoms with van der Waals surface area (Å²) in [6, 6.07) is 7.07. The van der Waals surface area contributed by atoms with E-state index in [-0.39, 0.29) is 11.6 Å². The van der Waals surface area contributed by atoms with Gasteiger partial charge in [0, 0.05) is 11.2 Å². The molecule has 0 aliphatic carbocycles. The molecular formula is C16H26N2O2. The van der Waals surface area contributed by atoms with E-state index >= 15 is 0 Å². The van der Waals surface area contributed by atoms with Crippen LogP contribution in [0.1, 0.15) is 58.6 Å². The SMILES string of the molecule is CCC(CC)(CC)NC(=O)Nc1cccc(C(C)O)c1. The van der Waals surface area contributed by atoms with Crippen LogP contribution in [0.3, 0.4) is 0 Å². The van der Waals surface area contributed by atoms with E-state index in [0.717, 1.165) is 24.8 Å². The number of aliphatic hydroxyl groups excluding tert-OH is 1. The lowest BCUT2D eigenvalue weighted by Crippen LogP contribution is -2.48. The zero-order chi connectivity index (χ0) is 15.2. The molecule has 1 rings (SSSR count). The highest BCUT2D eigenvalue weighted by Crippen LogP contribution is 2.20. The van der Waals surface area contributed by atoms with Crippen molar-refractivity contribution in [2.45, 2.75) is 58.6 Å². The summed E-state index contributed by atoms with van der Waals surface area (Å²) in [4.78, 5) is 12.1. The van der Waals surface area contributed by atoms with Gasteiger partial charge in [-0.25, -0.2) is 4.79 Å². The van der Waals surface area contributed by atoms with Crippen LogP contribution in [0.25, 0.3) is 0 Å². The maximum atomic E-state index is 12.1. The second kappa shape index (κ2) is 7.29. The standard InChI is InChI=1S/C16H26N2O2/c1-5-16(6-2,7-3)18-15(20)17-14-10-8-9-13(11-14)12(4)19/h8-12,19H,5-7H2,1-4H3,(H2,17,18,20). The van der Waals surface area contributed by atoms with Gasteiger partial charge in [0.25, 0.3) is 0 Å². The van der Waals surface area contributed by atoms with Crippen LogP contribution in [-0.2, 0) is 0 Å². The molecule has 0 aromatic heterocycles. The fourth-order valence-electron chi connectivity index (χ4n) is 2.29. The molecule has 0 bridgehead atoms. The lowest BCUT2D eigenvalue weighted by atomic mass is 9.90. The van der Waals surface area contributed by atoms with Gasteiger partial charge < -0.3 is 15.7 Å². The van der Waals surface area contributed by atoms with Gasteiger partial charge in [-0.05, 0) is 43.9 Å². The predicted octanol–water partition coefficient (Wildman–Crippen LogP) is 3.83. The molecule has 1 unspecified atom stereocenters. The fourth-order valence-corrected chi connectivity index (χ4v) is 2.29. The van der Waals surface area contributed by atoms with Crippen LogP contribution in [0.2, 0.25) is 0 Å². The van der Waals surface area contributed by atoms with Gasteiger partial charge in [0.2, 0.25) is 0 Å². The van der Waals surface area contributed by atoms with Gasteiger partial charge in [-0.2, -0.15) is 0 Å². The Hall–Kier alpha value is -1.55. The highest BCUT2D eigenvalue weighted by atomic mass is 16.3. The second-order valence-electron chi connectivity index (χ2n) is 5.22. The number of carbonyl (C=O) groups is 1. The lowest BCUT2D eigenvalue weighted by Gasteiger charge is -2.31. The van der Waals surface area contributed by atoms with Crippen LogP contribution in [0.5, 0.6) is 0 Å². The molecule has 0 aliphatic rings. The summed E-state index contributed by atoms with van der Waals surface area (Å²) in [5.41, 5.74) is 1.33. The van der Waals surface area contributed by atoms with E-state index in [2.05, 4.69) is 31.4 Å². The molecule has 1 aromatic rings. The first kappa shape index (κ1) is 16.5. The van der Waals surface area contributed by atoms with Crippen molar-refractivity contribution in [3.63, 3.8) is 0 Å². The van der Waals surface area contributed by atoms with E-state index in [4.69, 9.17) is 0 Å². The number of aliphatic hydroxyl groups is 1. The number of anilines is 1. The molecule has 3 N–H and O–H groups in total. The Kier molecular flexibility index (Phi) is 6.02. The Morgan fingerprint density at radius 3 is 2.35 bits per heavy atom. The molecule has 0 radical (unpaired) electrons. The average molecular weight is 278 g/mol. The molecule has 1 aromatic carbocycles. The number of urea groups is 1. The van der Waals surface area contributed by atoms with Crippen LogP contribution < -0.4 is 10.6 Å². The van der Waals surface area contributed by atoms with Crippen LogP contribution in [-0.4, -0.2) is 16.7 Å². The first-order valence-corrected chi connectivity index (χ1v) is 7.33. The third-order valence-corrected chi connectivity index (χ3v) is 4.04. The maximum Gasteiger partial charge on any atom is 0.319 e. The quantitative estimate of drug-likeness (QED) is 0.740. The van der Waals surface area contributed by atoms with E-state index < -0.39 is 6.10 Å². The molecule has 4 heteroatoms. The Morgan fingerprint density at radius 2 is 1.85 bits per heavy atom. The minimum atomic E-state index is -0.541. The zero-order valence-corrected chi connectivity index (χ0v) is 12.9. The molecule has 112 valence electrons. The van der Waals surface area contributed by atoms with Crippen LogP contribution >= 0.6 is 0 Å². The monoisotopic (exact) mass is 278 g/mol. The van der Waals surface area contributed by atoms with Gasteiger partial charge in [-0.3, -0.25) is 0 Å². The summed E-state index contributed by atoms with van der Waals surface area (Å²) in [5, 5.41) is 15.5. The second-order valence-corrected chi connectivity index (χ2v) is 5.22. The Bertz CT molecular complexity index is 432. The maximum absolute atomic E-state index is 12.1. The Morgan fingerprint density at radius 1 is 1.25 bits per heavy atom. The molecule has 0 spiro atoms. The molecule has 0 aliphatic heterocycles. The summed E-state index contributed by atoms with van der Waals surface area (Å²) in [5.74, 6) is 0. The minimum Gasteiger partial charge on any atom is -0.389 e. The Balaban J connectivity index is 2.73. The summed E-state index contributed by atoms with van der Waals surface area (Å²) >= 11 is 0. The van der Waals surface area contributed by atoms with E-state index in [9.17, 15) is 9.90 Å². The number of rotatable bonds is 6. The van der Waals surface area contributed by atoms with Crippen LogP contribution in [0, 0.1) is 0 Å². The average Bonchev–Trinajstić information content (AvgIpc) is 2.45. The highest BCUT2D eigenvalue weighted by molar-refractivity contribution is 5.89. The van der Waals surface area contributed by atoms with E-state index in [1.165, 1.54) is 0 Å². The molecule has 0 heterocycles. The third kappa shape index (κ3) is 4.23. The topological polar surface area (TPSA) is 61.4 Å². The summed E-state index contributed by atoms with van der Waals surface area (Å²) < 4.78 is 0. The number of hydrogen-bond acceptors (Lipinski definition) is 2. The normalized spacial score (nSPS) is 12.8. The van der Waals surface area contributed by atoms with Crippen molar-refractivity contribution in [3.05, 3.63) is 29.8 Å². The number of amides is 2. The highest BCUT2D eigenvalue weighted by Gasteiger charge is 2.25. The van der Waals surface area contributed by atoms with Crippen molar-refractivity contribution in [1.82, 2.24) is 5.32 Å². The molecule has 4 nitrogen and oxygen atoms in total. The van der Waals surface area contributed by atoms with Crippen molar-refractivity contribution in [2.24, 2.45) is 0 Å². The molecule has 0 saturated heterocycles. The van der Waals surface area contributed by atoms with E-state index in [0.29, 0.717) is 5.69 Å². The Labute approximate surface area is 121 Å². The smallest absolute Gasteiger partial charge is 0.319 e. The van der Waals surface area contributed by atoms with Crippen molar-refractivity contribution in [3.8, 4) is 0 Å². The first-order chi connectivity index (χ1) is 9.46. The minimum absolute atomic E-state index is 0.147. The van der Waals surface area contributed by atoms with E-state index in [1.807, 2.05) is 18.2 Å². The molecule has 2 amide bonds. The summed E-state index contributed by atoms with van der Waals surface area (Å²) in [6.45, 7) is 7.96. The van der Waals surface area contributed by atoms with E-state index in [1.54, 1.807) is 13.0 Å². The van der Waals surface area contributed by atoms with Crippen LogP contribution in [0.15, 0.2) is 24.3 Å². The lowest BCUT2D eigenvalue weighted by molar-refractivity contribution is 0.199. The zero-order valence-electron chi connectivity index (χ0n) is 12.9. The fraction of sp³-hybridized carbons (Fsp3) is 0.562. The molecule has 20 heavy (non-hydrogen) atoms. The van der Waals surface area contributed by atoms with Crippen molar-refractivity contribution < 1.29 is 9.90 Å². The largest absolute Gasteiger partial charge is 0.389 e. The molecule has 0 saturated carbocycles. The number of hydrogen-bond donors (Lipinski definition) is 3. The summed E-state index contributed by atoms with van der Waals surface area (Å²) in [6.07, 6.45) is 2.17. The van der Waals surface area contributed by atoms with Gasteiger partial charge >= 0.3 is 6.03 Å². The van der Waals surface area contributed by atoms with Crippen LogP contribution in [0.4, 0.5) is 10.5 Å². The first-order valence-electron chi connectivity index (χ1n) is 7.33. The third-order valence-electron chi connectivity index (χ3n) is 4.04. The molecular weight excluding hydrogens is 252 g/mol. The molecule has 0 fully saturated rings. The van der Waals surface area contributed by atoms with Crippen molar-refractivity contribution in [2.75, 3.05) is 5.32 Å². The number of benzene rings is 1. The van der Waals surface area contributed by atoms with Crippen molar-refractivity contribution in [1.29, 1.82) is 0 Å². The van der Waals surface area contributed by atoms with Gasteiger partial charge in [0.05, 0.1) is 6.10 Å². The van der Waals surface area contributed by atoms with Gasteiger partial charge in [-0.15, -0.1) is 0 Å². The van der Waals surface area contributed by atoms with Gasteiger partial charge in [0.1, 0.15) is 0 Å². The predicted molar refractivity (Wildman–Crippen MR) is 82.8 cm³/mol. The number of nitrogens with one attached hydrogen (secondary N) is 2. The van der Waals surface area contributed by atoms with Gasteiger partial charge in [0.15, 0.2) is 0 Å². The van der Waals surface area contributed by atoms with Gasteiger partial charge in [-0.1, -0.05) is 32.9 Å². The van der Waals surface area contributed by atoms with Crippen molar-refractivity contribution >= 4 is 11.7 Å². The number of carbonyl (C=O) groups excluding carboxylic acids is 1. The molecule has 1 atom stereocenters.